The van der Waals surface area contributed by atoms with Crippen LogP contribution in [-0.4, -0.2) is 26.5 Å². The molecule has 1 aromatic heterocycles. The van der Waals surface area contributed by atoms with Crippen molar-refractivity contribution in [3.05, 3.63) is 59.9 Å². The zero-order chi connectivity index (χ0) is 15.4. The quantitative estimate of drug-likeness (QED) is 0.713. The first kappa shape index (κ1) is 14.4. The molecular formula is C17H15N3OS. The number of benzene rings is 2. The van der Waals surface area contributed by atoms with Crippen molar-refractivity contribution in [1.82, 2.24) is 15.2 Å². The number of phenolic OH excluding ortho intramolecular Hbond substituents is 1. The summed E-state index contributed by atoms with van der Waals surface area (Å²) >= 11 is 1.72. The maximum Gasteiger partial charge on any atom is 0.185 e. The molecule has 2 aromatic carbocycles. The lowest BCUT2D eigenvalue weighted by Crippen LogP contribution is -1.81. The van der Waals surface area contributed by atoms with Crippen LogP contribution in [0.3, 0.4) is 0 Å². The molecule has 0 aliphatic rings. The summed E-state index contributed by atoms with van der Waals surface area (Å²) in [5, 5.41) is 16.8. The van der Waals surface area contributed by atoms with Crippen LogP contribution in [0.15, 0.2) is 53.4 Å². The predicted molar refractivity (Wildman–Crippen MR) is 90.6 cm³/mol. The van der Waals surface area contributed by atoms with Gasteiger partial charge in [-0.25, -0.2) is 4.98 Å². The molecule has 0 saturated carbocycles. The monoisotopic (exact) mass is 309 g/mol. The highest BCUT2D eigenvalue weighted by Crippen LogP contribution is 2.25. The minimum atomic E-state index is 0.171. The van der Waals surface area contributed by atoms with Crippen molar-refractivity contribution in [1.29, 1.82) is 0 Å². The molecule has 0 aliphatic heterocycles. The normalized spacial score (nSPS) is 11.1. The van der Waals surface area contributed by atoms with Crippen LogP contribution in [0.4, 0.5) is 0 Å². The van der Waals surface area contributed by atoms with Crippen molar-refractivity contribution in [3.8, 4) is 17.1 Å². The number of rotatable bonds is 4. The molecule has 0 saturated heterocycles. The fourth-order valence-corrected chi connectivity index (χ4v) is 2.43. The van der Waals surface area contributed by atoms with Gasteiger partial charge in [-0.3, -0.25) is 5.10 Å². The van der Waals surface area contributed by atoms with Crippen molar-refractivity contribution in [2.75, 3.05) is 6.26 Å². The maximum atomic E-state index is 9.82. The number of H-pyrrole nitrogens is 1. The SMILES string of the molecule is CSc1ccc(C=Cc2nc(-c3ccccc3O)n[nH]2)cc1. The second-order valence-corrected chi connectivity index (χ2v) is 5.55. The first-order chi connectivity index (χ1) is 10.8. The fraction of sp³-hybridized carbons (Fsp3) is 0.0588. The van der Waals surface area contributed by atoms with Gasteiger partial charge in [-0.15, -0.1) is 11.8 Å². The van der Waals surface area contributed by atoms with Crippen molar-refractivity contribution < 1.29 is 5.11 Å². The number of nitrogens with one attached hydrogen (secondary N) is 1. The second kappa shape index (κ2) is 6.49. The number of hydrogen-bond acceptors (Lipinski definition) is 4. The molecule has 2 N–H and O–H groups in total. The summed E-state index contributed by atoms with van der Waals surface area (Å²) in [6.45, 7) is 0. The summed E-state index contributed by atoms with van der Waals surface area (Å²) in [6, 6.07) is 15.3. The van der Waals surface area contributed by atoms with Gasteiger partial charge >= 0.3 is 0 Å². The highest BCUT2D eigenvalue weighted by Gasteiger charge is 2.08. The molecule has 0 spiro atoms. The van der Waals surface area contributed by atoms with E-state index in [0.717, 1.165) is 5.56 Å². The molecule has 110 valence electrons. The van der Waals surface area contributed by atoms with Crippen LogP contribution in [0.25, 0.3) is 23.5 Å². The van der Waals surface area contributed by atoms with E-state index in [1.165, 1.54) is 4.90 Å². The van der Waals surface area contributed by atoms with Gasteiger partial charge in [0, 0.05) is 4.90 Å². The molecule has 0 aliphatic carbocycles. The number of hydrogen-bond donors (Lipinski definition) is 2. The summed E-state index contributed by atoms with van der Waals surface area (Å²) in [4.78, 5) is 5.61. The lowest BCUT2D eigenvalue weighted by Gasteiger charge is -1.97. The molecule has 22 heavy (non-hydrogen) atoms. The minimum Gasteiger partial charge on any atom is -0.507 e. The molecule has 0 fully saturated rings. The zero-order valence-electron chi connectivity index (χ0n) is 12.0. The molecule has 0 atom stereocenters. The van der Waals surface area contributed by atoms with E-state index in [9.17, 15) is 5.11 Å². The molecule has 3 rings (SSSR count). The second-order valence-electron chi connectivity index (χ2n) is 4.67. The Morgan fingerprint density at radius 3 is 2.55 bits per heavy atom. The van der Waals surface area contributed by atoms with Crippen LogP contribution in [0, 0.1) is 0 Å². The van der Waals surface area contributed by atoms with Gasteiger partial charge in [-0.2, -0.15) is 5.10 Å². The largest absolute Gasteiger partial charge is 0.507 e. The topological polar surface area (TPSA) is 61.8 Å². The zero-order valence-corrected chi connectivity index (χ0v) is 12.8. The highest BCUT2D eigenvalue weighted by atomic mass is 32.2. The Balaban J connectivity index is 1.79. The summed E-state index contributed by atoms with van der Waals surface area (Å²) in [7, 11) is 0. The Morgan fingerprint density at radius 2 is 1.82 bits per heavy atom. The molecule has 0 unspecified atom stereocenters. The number of aromatic amines is 1. The van der Waals surface area contributed by atoms with E-state index in [0.29, 0.717) is 17.2 Å². The number of aromatic nitrogens is 3. The van der Waals surface area contributed by atoms with Crippen molar-refractivity contribution in [2.45, 2.75) is 4.90 Å². The number of nitrogens with zero attached hydrogens (tertiary/aromatic N) is 2. The van der Waals surface area contributed by atoms with E-state index in [2.05, 4.69) is 45.7 Å². The summed E-state index contributed by atoms with van der Waals surface area (Å²) in [6.07, 6.45) is 5.89. The Morgan fingerprint density at radius 1 is 1.05 bits per heavy atom. The van der Waals surface area contributed by atoms with Gasteiger partial charge in [0.05, 0.1) is 5.56 Å². The lowest BCUT2D eigenvalue weighted by molar-refractivity contribution is 0.477. The molecule has 1 heterocycles. The van der Waals surface area contributed by atoms with E-state index in [-0.39, 0.29) is 5.75 Å². The van der Waals surface area contributed by atoms with Gasteiger partial charge in [0.1, 0.15) is 11.6 Å². The first-order valence-electron chi connectivity index (χ1n) is 6.79. The number of para-hydroxylation sites is 1. The lowest BCUT2D eigenvalue weighted by atomic mass is 10.2. The van der Waals surface area contributed by atoms with E-state index < -0.39 is 0 Å². The van der Waals surface area contributed by atoms with Gasteiger partial charge in [0.15, 0.2) is 5.82 Å². The third-order valence-corrected chi connectivity index (χ3v) is 3.94. The van der Waals surface area contributed by atoms with E-state index in [4.69, 9.17) is 0 Å². The molecule has 0 amide bonds. The van der Waals surface area contributed by atoms with Crippen molar-refractivity contribution >= 4 is 23.9 Å². The van der Waals surface area contributed by atoms with Crippen molar-refractivity contribution in [2.24, 2.45) is 0 Å². The van der Waals surface area contributed by atoms with Gasteiger partial charge in [0.25, 0.3) is 0 Å². The van der Waals surface area contributed by atoms with Crippen LogP contribution >= 0.6 is 11.8 Å². The van der Waals surface area contributed by atoms with Crippen LogP contribution in [0.1, 0.15) is 11.4 Å². The molecule has 3 aromatic rings. The van der Waals surface area contributed by atoms with Crippen LogP contribution < -0.4 is 0 Å². The smallest absolute Gasteiger partial charge is 0.185 e. The van der Waals surface area contributed by atoms with E-state index in [1.54, 1.807) is 30.0 Å². The molecule has 4 nitrogen and oxygen atoms in total. The summed E-state index contributed by atoms with van der Waals surface area (Å²) in [5.74, 6) is 1.30. The number of aromatic hydroxyl groups is 1. The van der Waals surface area contributed by atoms with Gasteiger partial charge < -0.3 is 5.11 Å². The number of thioether (sulfide) groups is 1. The minimum absolute atomic E-state index is 0.171. The van der Waals surface area contributed by atoms with Crippen LogP contribution in [-0.2, 0) is 0 Å². The van der Waals surface area contributed by atoms with Crippen molar-refractivity contribution in [3.63, 3.8) is 0 Å². The summed E-state index contributed by atoms with van der Waals surface area (Å²) in [5.41, 5.74) is 1.71. The average molecular weight is 309 g/mol. The third kappa shape index (κ3) is 3.20. The Bertz CT molecular complexity index is 794. The van der Waals surface area contributed by atoms with Gasteiger partial charge in [-0.05, 0) is 42.2 Å². The highest BCUT2D eigenvalue weighted by molar-refractivity contribution is 7.98. The standard InChI is InChI=1S/C17H15N3OS/c1-22-13-9-6-12(7-10-13)8-11-16-18-17(20-19-16)14-4-2-3-5-15(14)21/h2-11,21H,1H3,(H,18,19,20). The predicted octanol–water partition coefficient (Wildman–Crippen LogP) is 4.07. The molecule has 0 radical (unpaired) electrons. The van der Waals surface area contributed by atoms with Gasteiger partial charge in [0.2, 0.25) is 0 Å². The number of phenols is 1. The molecule has 5 heteroatoms. The Hall–Kier alpha value is -2.53. The van der Waals surface area contributed by atoms with E-state index in [1.807, 2.05) is 18.2 Å². The Labute approximate surface area is 132 Å². The van der Waals surface area contributed by atoms with Crippen LogP contribution in [0.2, 0.25) is 0 Å². The fourth-order valence-electron chi connectivity index (χ4n) is 2.02. The maximum absolute atomic E-state index is 9.82. The van der Waals surface area contributed by atoms with Crippen LogP contribution in [0.5, 0.6) is 5.75 Å². The van der Waals surface area contributed by atoms with E-state index >= 15 is 0 Å². The first-order valence-corrected chi connectivity index (χ1v) is 8.01. The third-order valence-electron chi connectivity index (χ3n) is 3.20. The molecule has 0 bridgehead atoms. The summed E-state index contributed by atoms with van der Waals surface area (Å²) < 4.78 is 0. The molecular weight excluding hydrogens is 294 g/mol. The Kier molecular flexibility index (Phi) is 4.25. The average Bonchev–Trinajstić information content (AvgIpc) is 3.02. The van der Waals surface area contributed by atoms with Gasteiger partial charge in [-0.1, -0.05) is 30.3 Å².